The normalized spacial score (nSPS) is 23.0. The zero-order chi connectivity index (χ0) is 22.1. The van der Waals surface area contributed by atoms with E-state index in [1.165, 1.54) is 0 Å². The van der Waals surface area contributed by atoms with Crippen LogP contribution in [0, 0.1) is 0 Å². The number of rotatable bonds is 5. The molecule has 3 heterocycles. The van der Waals surface area contributed by atoms with Gasteiger partial charge in [-0.2, -0.15) is 0 Å². The Balaban J connectivity index is 1.16. The van der Waals surface area contributed by atoms with E-state index < -0.39 is 5.54 Å². The van der Waals surface area contributed by atoms with Crippen LogP contribution in [0.25, 0.3) is 0 Å². The minimum atomic E-state index is -0.469. The summed E-state index contributed by atoms with van der Waals surface area (Å²) in [4.78, 5) is 31.4. The molecule has 3 aliphatic heterocycles. The Kier molecular flexibility index (Phi) is 5.69. The van der Waals surface area contributed by atoms with Gasteiger partial charge in [0, 0.05) is 36.0 Å². The Labute approximate surface area is 192 Å². The average molecular weight is 455 g/mol. The molecule has 0 radical (unpaired) electrons. The molecule has 7 nitrogen and oxygen atoms in total. The molecule has 168 valence electrons. The summed E-state index contributed by atoms with van der Waals surface area (Å²) in [5.41, 5.74) is 1.41. The van der Waals surface area contributed by atoms with E-state index in [4.69, 9.17) is 16.3 Å². The Bertz CT molecular complexity index is 976. The van der Waals surface area contributed by atoms with Crippen LogP contribution >= 0.6 is 11.6 Å². The van der Waals surface area contributed by atoms with Crippen molar-refractivity contribution in [2.24, 2.45) is 0 Å². The van der Waals surface area contributed by atoms with Crippen molar-refractivity contribution in [1.29, 1.82) is 0 Å². The van der Waals surface area contributed by atoms with Gasteiger partial charge in [0.1, 0.15) is 11.6 Å². The predicted molar refractivity (Wildman–Crippen MR) is 124 cm³/mol. The Morgan fingerprint density at radius 3 is 2.44 bits per heavy atom. The summed E-state index contributed by atoms with van der Waals surface area (Å²) in [7, 11) is 0. The molecule has 0 aromatic heterocycles. The van der Waals surface area contributed by atoms with Gasteiger partial charge in [-0.1, -0.05) is 29.8 Å². The lowest BCUT2D eigenvalue weighted by molar-refractivity contribution is -0.125. The van der Waals surface area contributed by atoms with Crippen LogP contribution in [-0.4, -0.2) is 61.4 Å². The van der Waals surface area contributed by atoms with Crippen molar-refractivity contribution in [2.75, 3.05) is 42.6 Å². The van der Waals surface area contributed by atoms with Gasteiger partial charge in [0.2, 0.25) is 5.91 Å². The lowest BCUT2D eigenvalue weighted by atomic mass is 9.85. The molecule has 1 N–H and O–H groups in total. The number of carbonyl (C=O) groups excluding carboxylic acids is 2. The number of ether oxygens (including phenoxy) is 1. The first kappa shape index (κ1) is 21.1. The first-order valence-corrected chi connectivity index (χ1v) is 11.5. The predicted octanol–water partition coefficient (Wildman–Crippen LogP) is 3.48. The molecular formula is C24H27ClN4O3. The third-order valence-electron chi connectivity index (χ3n) is 6.87. The van der Waals surface area contributed by atoms with Crippen LogP contribution in [0.3, 0.4) is 0 Å². The smallest absolute Gasteiger partial charge is 0.414 e. The molecule has 3 fully saturated rings. The SMILES string of the molecule is O=C1OC(CCN2CCC3(CC2)C(=O)NCN3c2ccccc2)CN1c1ccc(Cl)cc1. The molecule has 2 aromatic carbocycles. The lowest BCUT2D eigenvalue weighted by Crippen LogP contribution is -2.56. The van der Waals surface area contributed by atoms with Crippen LogP contribution < -0.4 is 15.1 Å². The number of cyclic esters (lactones) is 1. The number of halogens is 1. The van der Waals surface area contributed by atoms with Crippen molar-refractivity contribution in [2.45, 2.75) is 30.9 Å². The molecule has 2 aromatic rings. The minimum absolute atomic E-state index is 0.129. The highest BCUT2D eigenvalue weighted by Crippen LogP contribution is 2.36. The van der Waals surface area contributed by atoms with E-state index in [0.717, 1.165) is 50.3 Å². The van der Waals surface area contributed by atoms with Crippen molar-refractivity contribution in [3.8, 4) is 0 Å². The first-order chi connectivity index (χ1) is 15.5. The molecule has 32 heavy (non-hydrogen) atoms. The van der Waals surface area contributed by atoms with E-state index in [1.54, 1.807) is 17.0 Å². The number of para-hydroxylation sites is 1. The number of carbonyl (C=O) groups is 2. The van der Waals surface area contributed by atoms with E-state index in [9.17, 15) is 9.59 Å². The summed E-state index contributed by atoms with van der Waals surface area (Å²) in [5.74, 6) is 0.129. The van der Waals surface area contributed by atoms with Crippen molar-refractivity contribution >= 4 is 35.0 Å². The molecule has 1 unspecified atom stereocenters. The highest BCUT2D eigenvalue weighted by Gasteiger charge is 2.50. The third-order valence-corrected chi connectivity index (χ3v) is 7.12. The quantitative estimate of drug-likeness (QED) is 0.749. The number of hydrogen-bond acceptors (Lipinski definition) is 5. The summed E-state index contributed by atoms with van der Waals surface area (Å²) >= 11 is 5.95. The van der Waals surface area contributed by atoms with Crippen LogP contribution in [0.4, 0.5) is 16.2 Å². The maximum absolute atomic E-state index is 12.8. The van der Waals surface area contributed by atoms with E-state index in [-0.39, 0.29) is 18.1 Å². The van der Waals surface area contributed by atoms with Gasteiger partial charge in [-0.3, -0.25) is 9.69 Å². The fraction of sp³-hybridized carbons (Fsp3) is 0.417. The lowest BCUT2D eigenvalue weighted by Gasteiger charge is -2.43. The second-order valence-corrected chi connectivity index (χ2v) is 9.12. The van der Waals surface area contributed by atoms with Crippen molar-refractivity contribution in [3.05, 3.63) is 59.6 Å². The van der Waals surface area contributed by atoms with Crippen LogP contribution in [0.2, 0.25) is 5.02 Å². The second kappa shape index (κ2) is 8.64. The fourth-order valence-electron chi connectivity index (χ4n) is 5.01. The van der Waals surface area contributed by atoms with E-state index in [0.29, 0.717) is 18.2 Å². The van der Waals surface area contributed by atoms with E-state index >= 15 is 0 Å². The Morgan fingerprint density at radius 2 is 1.72 bits per heavy atom. The summed E-state index contributed by atoms with van der Waals surface area (Å²) in [6.07, 6.45) is 1.91. The number of benzene rings is 2. The van der Waals surface area contributed by atoms with Crippen LogP contribution in [0.5, 0.6) is 0 Å². The summed E-state index contributed by atoms with van der Waals surface area (Å²) < 4.78 is 5.59. The van der Waals surface area contributed by atoms with Gasteiger partial charge in [-0.25, -0.2) is 4.79 Å². The Hall–Kier alpha value is -2.77. The molecule has 3 aliphatic rings. The number of piperidine rings is 1. The van der Waals surface area contributed by atoms with Gasteiger partial charge in [0.25, 0.3) is 0 Å². The molecule has 1 atom stereocenters. The highest BCUT2D eigenvalue weighted by atomic mass is 35.5. The maximum Gasteiger partial charge on any atom is 0.414 e. The summed E-state index contributed by atoms with van der Waals surface area (Å²) in [6, 6.07) is 17.4. The summed E-state index contributed by atoms with van der Waals surface area (Å²) in [5, 5.41) is 3.69. The topological polar surface area (TPSA) is 65.1 Å². The molecule has 1 spiro atoms. The molecular weight excluding hydrogens is 428 g/mol. The number of hydrogen-bond donors (Lipinski definition) is 1. The van der Waals surface area contributed by atoms with Crippen molar-refractivity contribution in [1.82, 2.24) is 10.2 Å². The summed E-state index contributed by atoms with van der Waals surface area (Å²) in [6.45, 7) is 3.63. The van der Waals surface area contributed by atoms with Gasteiger partial charge in [-0.15, -0.1) is 0 Å². The van der Waals surface area contributed by atoms with E-state index in [1.807, 2.05) is 30.3 Å². The monoisotopic (exact) mass is 454 g/mol. The van der Waals surface area contributed by atoms with Crippen molar-refractivity contribution in [3.63, 3.8) is 0 Å². The number of amides is 2. The second-order valence-electron chi connectivity index (χ2n) is 8.68. The van der Waals surface area contributed by atoms with E-state index in [2.05, 4.69) is 27.2 Å². The fourth-order valence-corrected chi connectivity index (χ4v) is 5.14. The zero-order valence-corrected chi connectivity index (χ0v) is 18.6. The minimum Gasteiger partial charge on any atom is -0.444 e. The highest BCUT2D eigenvalue weighted by molar-refractivity contribution is 6.30. The molecule has 0 aliphatic carbocycles. The van der Waals surface area contributed by atoms with Crippen LogP contribution in [0.1, 0.15) is 19.3 Å². The molecule has 3 saturated heterocycles. The van der Waals surface area contributed by atoms with Gasteiger partial charge < -0.3 is 19.9 Å². The average Bonchev–Trinajstić information content (AvgIpc) is 3.34. The number of nitrogens with one attached hydrogen (secondary N) is 1. The molecule has 0 bridgehead atoms. The van der Waals surface area contributed by atoms with Crippen LogP contribution in [0.15, 0.2) is 54.6 Å². The largest absolute Gasteiger partial charge is 0.444 e. The van der Waals surface area contributed by atoms with Gasteiger partial charge in [0.15, 0.2) is 0 Å². The van der Waals surface area contributed by atoms with Crippen LogP contribution in [-0.2, 0) is 9.53 Å². The third kappa shape index (κ3) is 3.91. The van der Waals surface area contributed by atoms with Gasteiger partial charge in [0.05, 0.1) is 13.2 Å². The first-order valence-electron chi connectivity index (χ1n) is 11.1. The number of nitrogens with zero attached hydrogens (tertiary/aromatic N) is 3. The number of likely N-dealkylation sites (tertiary alicyclic amines) is 1. The molecule has 5 rings (SSSR count). The van der Waals surface area contributed by atoms with Gasteiger partial charge in [-0.05, 0) is 55.7 Å². The standard InChI is InChI=1S/C24H27ClN4O3/c25-18-6-8-19(9-7-18)28-16-21(32-23(28)31)10-13-27-14-11-24(12-15-27)22(30)26-17-29(24)20-4-2-1-3-5-20/h1-9,21H,10-17H2,(H,26,30). The van der Waals surface area contributed by atoms with Gasteiger partial charge >= 0.3 is 6.09 Å². The zero-order valence-electron chi connectivity index (χ0n) is 17.9. The number of anilines is 2. The molecule has 2 amide bonds. The Morgan fingerprint density at radius 1 is 1.00 bits per heavy atom. The molecule has 8 heteroatoms. The molecule has 0 saturated carbocycles. The van der Waals surface area contributed by atoms with Crippen molar-refractivity contribution < 1.29 is 14.3 Å². The maximum atomic E-state index is 12.8.